The molecule has 1 aromatic carbocycles. The second-order valence-electron chi connectivity index (χ2n) is 5.38. The van der Waals surface area contributed by atoms with Gasteiger partial charge in [0.15, 0.2) is 0 Å². The molecule has 0 amide bonds. The van der Waals surface area contributed by atoms with Gasteiger partial charge in [-0.05, 0) is 24.8 Å². The molecule has 1 aliphatic rings. The largest absolute Gasteiger partial charge is 0.507 e. The molecular formula is C17H28Cl2N2O. The van der Waals surface area contributed by atoms with Gasteiger partial charge in [0.05, 0.1) is 0 Å². The van der Waals surface area contributed by atoms with Crippen molar-refractivity contribution in [3.8, 4) is 5.75 Å². The molecule has 1 saturated heterocycles. The van der Waals surface area contributed by atoms with Crippen LogP contribution in [-0.4, -0.2) is 36.2 Å². The van der Waals surface area contributed by atoms with E-state index in [1.54, 1.807) is 0 Å². The minimum atomic E-state index is 0. The molecule has 3 nitrogen and oxygen atoms in total. The number of benzene rings is 1. The maximum atomic E-state index is 10.5. The first-order chi connectivity index (χ1) is 9.77. The Labute approximate surface area is 146 Å². The molecule has 1 fully saturated rings. The molecule has 0 radical (unpaired) electrons. The molecule has 1 aromatic rings. The van der Waals surface area contributed by atoms with E-state index in [1.807, 2.05) is 12.1 Å². The summed E-state index contributed by atoms with van der Waals surface area (Å²) in [5.41, 5.74) is 2.12. The molecule has 1 atom stereocenters. The van der Waals surface area contributed by atoms with Crippen LogP contribution < -0.4 is 5.32 Å². The second kappa shape index (κ2) is 10.9. The third-order valence-electron chi connectivity index (χ3n) is 4.13. The average Bonchev–Trinajstić information content (AvgIpc) is 2.50. The van der Waals surface area contributed by atoms with Gasteiger partial charge in [0.25, 0.3) is 0 Å². The van der Waals surface area contributed by atoms with Gasteiger partial charge in [-0.1, -0.05) is 31.2 Å². The molecule has 5 heteroatoms. The quantitative estimate of drug-likeness (QED) is 0.770. The van der Waals surface area contributed by atoms with Crippen LogP contribution in [-0.2, 0) is 6.42 Å². The van der Waals surface area contributed by atoms with Crippen LogP contribution in [0.3, 0.4) is 0 Å². The Morgan fingerprint density at radius 2 is 2.00 bits per heavy atom. The third-order valence-corrected chi connectivity index (χ3v) is 4.13. The minimum Gasteiger partial charge on any atom is -0.507 e. The van der Waals surface area contributed by atoms with Crippen LogP contribution in [0.15, 0.2) is 30.9 Å². The first-order valence-corrected chi connectivity index (χ1v) is 7.64. The van der Waals surface area contributed by atoms with E-state index in [4.69, 9.17) is 0 Å². The number of piperazine rings is 1. The number of allylic oxidation sites excluding steroid dienone is 1. The molecule has 0 aliphatic carbocycles. The fraction of sp³-hybridized carbons (Fsp3) is 0.529. The van der Waals surface area contributed by atoms with Crippen LogP contribution >= 0.6 is 24.8 Å². The van der Waals surface area contributed by atoms with Crippen LogP contribution in [0.1, 0.15) is 36.9 Å². The Bertz CT molecular complexity index is 448. The maximum Gasteiger partial charge on any atom is 0.123 e. The van der Waals surface area contributed by atoms with Crippen molar-refractivity contribution in [2.24, 2.45) is 0 Å². The van der Waals surface area contributed by atoms with Gasteiger partial charge in [-0.25, -0.2) is 0 Å². The number of para-hydroxylation sites is 1. The van der Waals surface area contributed by atoms with E-state index < -0.39 is 0 Å². The van der Waals surface area contributed by atoms with Crippen LogP contribution in [0, 0.1) is 0 Å². The van der Waals surface area contributed by atoms with E-state index >= 15 is 0 Å². The Morgan fingerprint density at radius 1 is 1.32 bits per heavy atom. The Morgan fingerprint density at radius 3 is 2.59 bits per heavy atom. The number of phenolic OH excluding ortho intramolecular Hbond substituents is 1. The summed E-state index contributed by atoms with van der Waals surface area (Å²) in [4.78, 5) is 2.48. The molecule has 2 N–H and O–H groups in total. The van der Waals surface area contributed by atoms with Gasteiger partial charge in [0.2, 0.25) is 0 Å². The van der Waals surface area contributed by atoms with Crippen LogP contribution in [0.4, 0.5) is 0 Å². The number of phenols is 1. The maximum absolute atomic E-state index is 10.5. The van der Waals surface area contributed by atoms with Crippen molar-refractivity contribution >= 4 is 24.8 Å². The number of aryl methyl sites for hydroxylation is 1. The van der Waals surface area contributed by atoms with E-state index in [1.165, 1.54) is 0 Å². The number of nitrogens with one attached hydrogen (secondary N) is 1. The number of rotatable bonds is 6. The topological polar surface area (TPSA) is 35.5 Å². The van der Waals surface area contributed by atoms with E-state index in [2.05, 4.69) is 35.9 Å². The predicted octanol–water partition coefficient (Wildman–Crippen LogP) is 3.71. The van der Waals surface area contributed by atoms with E-state index in [0.717, 1.165) is 56.6 Å². The fourth-order valence-electron chi connectivity index (χ4n) is 2.97. The summed E-state index contributed by atoms with van der Waals surface area (Å²) >= 11 is 0. The molecule has 0 unspecified atom stereocenters. The van der Waals surface area contributed by atoms with Crippen molar-refractivity contribution in [1.29, 1.82) is 0 Å². The third kappa shape index (κ3) is 5.17. The summed E-state index contributed by atoms with van der Waals surface area (Å²) in [6.07, 6.45) is 4.83. The van der Waals surface area contributed by atoms with Gasteiger partial charge in [-0.2, -0.15) is 0 Å². The van der Waals surface area contributed by atoms with E-state index in [9.17, 15) is 5.11 Å². The highest BCUT2D eigenvalue weighted by Gasteiger charge is 2.24. The summed E-state index contributed by atoms with van der Waals surface area (Å²) < 4.78 is 0. The van der Waals surface area contributed by atoms with Crippen LogP contribution in [0.25, 0.3) is 0 Å². The second-order valence-corrected chi connectivity index (χ2v) is 5.38. The lowest BCUT2D eigenvalue weighted by molar-refractivity contribution is 0.163. The van der Waals surface area contributed by atoms with Crippen molar-refractivity contribution < 1.29 is 5.11 Å². The molecule has 126 valence electrons. The van der Waals surface area contributed by atoms with Gasteiger partial charge in [-0.3, -0.25) is 4.90 Å². The van der Waals surface area contributed by atoms with Gasteiger partial charge >= 0.3 is 0 Å². The number of halogens is 2. The Hall–Kier alpha value is -0.740. The lowest BCUT2D eigenvalue weighted by Gasteiger charge is -2.35. The molecule has 0 saturated carbocycles. The number of hydrogen-bond donors (Lipinski definition) is 2. The highest BCUT2D eigenvalue weighted by Crippen LogP contribution is 2.34. The van der Waals surface area contributed by atoms with Crippen molar-refractivity contribution in [3.63, 3.8) is 0 Å². The van der Waals surface area contributed by atoms with Gasteiger partial charge in [-0.15, -0.1) is 31.4 Å². The molecule has 22 heavy (non-hydrogen) atoms. The van der Waals surface area contributed by atoms with Crippen LogP contribution in [0.2, 0.25) is 0 Å². The minimum absolute atomic E-state index is 0. The Balaban J connectivity index is 0.00000220. The number of nitrogens with zero attached hydrogens (tertiary/aromatic N) is 1. The zero-order chi connectivity index (χ0) is 14.4. The predicted molar refractivity (Wildman–Crippen MR) is 98.6 cm³/mol. The smallest absolute Gasteiger partial charge is 0.123 e. The number of hydrogen-bond acceptors (Lipinski definition) is 3. The highest BCUT2D eigenvalue weighted by atomic mass is 35.5. The SMILES string of the molecule is C=CCC[C@H](c1cccc(CC)c1O)N1CCNCC1.Cl.Cl. The van der Waals surface area contributed by atoms with E-state index in [-0.39, 0.29) is 24.8 Å². The highest BCUT2D eigenvalue weighted by molar-refractivity contribution is 5.85. The summed E-state index contributed by atoms with van der Waals surface area (Å²) in [5.74, 6) is 0.489. The normalized spacial score (nSPS) is 16.2. The zero-order valence-electron chi connectivity index (χ0n) is 13.3. The monoisotopic (exact) mass is 346 g/mol. The van der Waals surface area contributed by atoms with Crippen molar-refractivity contribution in [3.05, 3.63) is 42.0 Å². The van der Waals surface area contributed by atoms with Crippen molar-refractivity contribution in [1.82, 2.24) is 10.2 Å². The molecule has 0 spiro atoms. The molecule has 0 aromatic heterocycles. The summed E-state index contributed by atoms with van der Waals surface area (Å²) in [5, 5.41) is 13.9. The molecule has 0 bridgehead atoms. The first kappa shape index (κ1) is 21.3. The molecule has 2 rings (SSSR count). The van der Waals surface area contributed by atoms with E-state index in [0.29, 0.717) is 11.8 Å². The van der Waals surface area contributed by atoms with Crippen molar-refractivity contribution in [2.45, 2.75) is 32.2 Å². The van der Waals surface area contributed by atoms with Gasteiger partial charge in [0.1, 0.15) is 5.75 Å². The number of aromatic hydroxyl groups is 1. The molecule has 1 aliphatic heterocycles. The van der Waals surface area contributed by atoms with Crippen molar-refractivity contribution in [2.75, 3.05) is 26.2 Å². The molecular weight excluding hydrogens is 319 g/mol. The van der Waals surface area contributed by atoms with Gasteiger partial charge < -0.3 is 10.4 Å². The summed E-state index contributed by atoms with van der Waals surface area (Å²) in [6.45, 7) is 10.1. The van der Waals surface area contributed by atoms with Crippen LogP contribution in [0.5, 0.6) is 5.75 Å². The lowest BCUT2D eigenvalue weighted by Crippen LogP contribution is -2.45. The average molecular weight is 347 g/mol. The lowest BCUT2D eigenvalue weighted by atomic mass is 9.95. The Kier molecular flexibility index (Phi) is 10.5. The summed E-state index contributed by atoms with van der Waals surface area (Å²) in [6, 6.07) is 6.45. The zero-order valence-corrected chi connectivity index (χ0v) is 14.9. The fourth-order valence-corrected chi connectivity index (χ4v) is 2.97. The standard InChI is InChI=1S/C17H26N2O.2ClH/c1-3-5-9-16(19-12-10-18-11-13-19)15-8-6-7-14(4-2)17(15)20;;/h3,6-8,16,18,20H,1,4-5,9-13H2,2H3;2*1H/t16-;;/m1../s1. The molecule has 1 heterocycles. The first-order valence-electron chi connectivity index (χ1n) is 7.64. The summed E-state index contributed by atoms with van der Waals surface area (Å²) in [7, 11) is 0. The van der Waals surface area contributed by atoms with Gasteiger partial charge in [0, 0.05) is 37.8 Å².